The molecule has 0 spiro atoms. The third kappa shape index (κ3) is 10.6. The summed E-state index contributed by atoms with van der Waals surface area (Å²) in [7, 11) is 5.04. The molecule has 0 saturated carbocycles. The average molecular weight is 371 g/mol. The summed E-state index contributed by atoms with van der Waals surface area (Å²) in [6.07, 6.45) is 0. The Hall–Kier alpha value is -1.38. The highest BCUT2D eigenvalue weighted by Crippen LogP contribution is 2.25. The predicted octanol–water partition coefficient (Wildman–Crippen LogP) is 1.70. The Balaban J connectivity index is 2.01. The van der Waals surface area contributed by atoms with Gasteiger partial charge in [0, 0.05) is 33.9 Å². The van der Waals surface area contributed by atoms with Crippen LogP contribution in [0.2, 0.25) is 0 Å². The molecule has 150 valence electrons. The van der Waals surface area contributed by atoms with E-state index in [1.165, 1.54) is 0 Å². The van der Waals surface area contributed by atoms with Gasteiger partial charge in [0.25, 0.3) is 0 Å². The van der Waals surface area contributed by atoms with Crippen molar-refractivity contribution in [1.29, 1.82) is 0 Å². The lowest BCUT2D eigenvalue weighted by atomic mass is 10.3. The number of hydrogen-bond donors (Lipinski definition) is 0. The van der Waals surface area contributed by atoms with Crippen molar-refractivity contribution in [3.63, 3.8) is 0 Å². The molecule has 0 aliphatic carbocycles. The van der Waals surface area contributed by atoms with Crippen molar-refractivity contribution in [3.8, 4) is 11.5 Å². The zero-order valence-electron chi connectivity index (χ0n) is 16.3. The number of rotatable bonds is 17. The molecule has 1 aromatic rings. The van der Waals surface area contributed by atoms with Crippen LogP contribution in [-0.2, 0) is 18.9 Å². The molecule has 0 saturated heterocycles. The van der Waals surface area contributed by atoms with E-state index >= 15 is 0 Å². The first-order chi connectivity index (χ1) is 12.8. The van der Waals surface area contributed by atoms with Crippen LogP contribution in [0.4, 0.5) is 0 Å². The Morgan fingerprint density at radius 1 is 0.654 bits per heavy atom. The maximum absolute atomic E-state index is 5.64. The Bertz CT molecular complexity index is 438. The monoisotopic (exact) mass is 371 g/mol. The number of hydrogen-bond acceptors (Lipinski definition) is 7. The van der Waals surface area contributed by atoms with Crippen molar-refractivity contribution in [2.45, 2.75) is 0 Å². The van der Waals surface area contributed by atoms with Crippen LogP contribution in [0, 0.1) is 0 Å². The number of benzene rings is 1. The molecule has 26 heavy (non-hydrogen) atoms. The van der Waals surface area contributed by atoms with Crippen molar-refractivity contribution in [1.82, 2.24) is 4.90 Å². The molecule has 7 heteroatoms. The van der Waals surface area contributed by atoms with E-state index in [1.807, 2.05) is 24.3 Å². The fourth-order valence-electron chi connectivity index (χ4n) is 2.24. The fraction of sp³-hybridized carbons (Fsp3) is 0.684. The summed E-state index contributed by atoms with van der Waals surface area (Å²) in [5.74, 6) is 1.45. The topological polar surface area (TPSA) is 58.6 Å². The summed E-state index contributed by atoms with van der Waals surface area (Å²) in [5.41, 5.74) is 0. The van der Waals surface area contributed by atoms with Crippen LogP contribution >= 0.6 is 0 Å². The molecule has 0 unspecified atom stereocenters. The summed E-state index contributed by atoms with van der Waals surface area (Å²) in [5, 5.41) is 0. The maximum Gasteiger partial charge on any atom is 0.161 e. The highest BCUT2D eigenvalue weighted by molar-refractivity contribution is 5.39. The lowest BCUT2D eigenvalue weighted by Gasteiger charge is -2.21. The number of ether oxygens (including phenoxy) is 6. The Labute approximate surface area is 157 Å². The van der Waals surface area contributed by atoms with E-state index in [2.05, 4.69) is 4.90 Å². The quantitative estimate of drug-likeness (QED) is 0.386. The summed E-state index contributed by atoms with van der Waals surface area (Å²) >= 11 is 0. The molecular formula is C19H33NO6. The normalized spacial score (nSPS) is 11.1. The highest BCUT2D eigenvalue weighted by atomic mass is 16.6. The number of methoxy groups -OCH3 is 3. The molecule has 1 rings (SSSR count). The molecule has 0 amide bonds. The van der Waals surface area contributed by atoms with Crippen molar-refractivity contribution >= 4 is 0 Å². The summed E-state index contributed by atoms with van der Waals surface area (Å²) in [6.45, 7) is 6.77. The zero-order valence-corrected chi connectivity index (χ0v) is 16.3. The Morgan fingerprint density at radius 2 is 1.19 bits per heavy atom. The summed E-state index contributed by atoms with van der Waals surface area (Å²) < 4.78 is 32.2. The Morgan fingerprint density at radius 3 is 1.81 bits per heavy atom. The van der Waals surface area contributed by atoms with Gasteiger partial charge in [0.1, 0.15) is 6.61 Å². The van der Waals surface area contributed by atoms with E-state index in [1.54, 1.807) is 21.3 Å². The largest absolute Gasteiger partial charge is 0.493 e. The first-order valence-electron chi connectivity index (χ1n) is 8.93. The standard InChI is InChI=1S/C19H33NO6/c1-21-11-8-20(9-12-22-2)10-13-24-14-15-25-16-17-26-19-7-5-4-6-18(19)23-3/h4-7H,8-17H2,1-3H3. The first kappa shape index (κ1) is 22.7. The van der Waals surface area contributed by atoms with E-state index in [-0.39, 0.29) is 0 Å². The molecule has 0 aromatic heterocycles. The molecular weight excluding hydrogens is 338 g/mol. The molecule has 1 aromatic carbocycles. The predicted molar refractivity (Wildman–Crippen MR) is 100 cm³/mol. The summed E-state index contributed by atoms with van der Waals surface area (Å²) in [6, 6.07) is 7.56. The van der Waals surface area contributed by atoms with Crippen molar-refractivity contribution in [2.24, 2.45) is 0 Å². The minimum Gasteiger partial charge on any atom is -0.493 e. The third-order valence-corrected chi connectivity index (χ3v) is 3.70. The lowest BCUT2D eigenvalue weighted by Crippen LogP contribution is -2.33. The number of nitrogens with zero attached hydrogens (tertiary/aromatic N) is 1. The smallest absolute Gasteiger partial charge is 0.161 e. The van der Waals surface area contributed by atoms with Crippen LogP contribution in [0.5, 0.6) is 11.5 Å². The SMILES string of the molecule is COCCN(CCOC)CCOCCOCCOc1ccccc1OC. The fourth-order valence-corrected chi connectivity index (χ4v) is 2.24. The first-order valence-corrected chi connectivity index (χ1v) is 8.93. The van der Waals surface area contributed by atoms with Gasteiger partial charge in [-0.1, -0.05) is 12.1 Å². The molecule has 0 radical (unpaired) electrons. The van der Waals surface area contributed by atoms with Gasteiger partial charge >= 0.3 is 0 Å². The second kappa shape index (κ2) is 15.8. The van der Waals surface area contributed by atoms with Crippen LogP contribution in [0.1, 0.15) is 0 Å². The lowest BCUT2D eigenvalue weighted by molar-refractivity contribution is 0.0242. The van der Waals surface area contributed by atoms with Gasteiger partial charge in [-0.15, -0.1) is 0 Å². The van der Waals surface area contributed by atoms with Gasteiger partial charge in [0.2, 0.25) is 0 Å². The van der Waals surface area contributed by atoms with E-state index in [0.717, 1.165) is 31.1 Å². The highest BCUT2D eigenvalue weighted by Gasteiger charge is 2.04. The molecule has 0 fully saturated rings. The molecule has 0 atom stereocenters. The van der Waals surface area contributed by atoms with Gasteiger partial charge in [0.15, 0.2) is 11.5 Å². The third-order valence-electron chi connectivity index (χ3n) is 3.70. The van der Waals surface area contributed by atoms with Gasteiger partial charge < -0.3 is 28.4 Å². The molecule has 7 nitrogen and oxygen atoms in total. The zero-order chi connectivity index (χ0) is 18.9. The van der Waals surface area contributed by atoms with Crippen LogP contribution in [0.15, 0.2) is 24.3 Å². The minimum absolute atomic E-state index is 0.474. The molecule has 0 aliphatic rings. The molecule has 0 bridgehead atoms. The van der Waals surface area contributed by atoms with Gasteiger partial charge in [-0.3, -0.25) is 4.90 Å². The van der Waals surface area contributed by atoms with Crippen molar-refractivity contribution in [2.75, 3.05) is 87.2 Å². The number of para-hydroxylation sites is 2. The molecule has 0 N–H and O–H groups in total. The maximum atomic E-state index is 5.64. The van der Waals surface area contributed by atoms with Crippen LogP contribution in [0.25, 0.3) is 0 Å². The van der Waals surface area contributed by atoms with E-state index in [4.69, 9.17) is 28.4 Å². The molecule has 0 aliphatic heterocycles. The van der Waals surface area contributed by atoms with E-state index in [0.29, 0.717) is 46.2 Å². The second-order valence-corrected chi connectivity index (χ2v) is 5.55. The van der Waals surface area contributed by atoms with E-state index in [9.17, 15) is 0 Å². The molecule has 0 heterocycles. The van der Waals surface area contributed by atoms with Gasteiger partial charge in [-0.05, 0) is 12.1 Å². The summed E-state index contributed by atoms with van der Waals surface area (Å²) in [4.78, 5) is 2.26. The second-order valence-electron chi connectivity index (χ2n) is 5.55. The van der Waals surface area contributed by atoms with Crippen LogP contribution in [0.3, 0.4) is 0 Å². The average Bonchev–Trinajstić information content (AvgIpc) is 2.68. The van der Waals surface area contributed by atoms with Crippen LogP contribution in [-0.4, -0.2) is 92.1 Å². The van der Waals surface area contributed by atoms with E-state index < -0.39 is 0 Å². The Kier molecular flexibility index (Phi) is 13.8. The van der Waals surface area contributed by atoms with Crippen LogP contribution < -0.4 is 9.47 Å². The van der Waals surface area contributed by atoms with Crippen molar-refractivity contribution < 1.29 is 28.4 Å². The van der Waals surface area contributed by atoms with Crippen molar-refractivity contribution in [3.05, 3.63) is 24.3 Å². The van der Waals surface area contributed by atoms with Gasteiger partial charge in [-0.25, -0.2) is 0 Å². The van der Waals surface area contributed by atoms with Gasteiger partial charge in [0.05, 0.1) is 46.8 Å². The minimum atomic E-state index is 0.474. The van der Waals surface area contributed by atoms with Gasteiger partial charge in [-0.2, -0.15) is 0 Å².